The molecule has 0 saturated heterocycles. The first-order valence-corrected chi connectivity index (χ1v) is 8.97. The molecule has 5 nitrogen and oxygen atoms in total. The number of ether oxygens (including phenoxy) is 2. The Morgan fingerprint density at radius 3 is 2.82 bits per heavy atom. The topological polar surface area (TPSA) is 54.9 Å². The Labute approximate surface area is 137 Å². The first-order chi connectivity index (χ1) is 10.8. The molecule has 0 amide bonds. The summed E-state index contributed by atoms with van der Waals surface area (Å²) < 4.78 is 10.9. The molecule has 2 N–H and O–H groups in total. The molecular formula is C16H27N3O2S. The molecule has 124 valence electrons. The van der Waals surface area contributed by atoms with E-state index in [1.165, 1.54) is 0 Å². The smallest absolute Gasteiger partial charge is 0.191 e. The van der Waals surface area contributed by atoms with Crippen molar-refractivity contribution in [2.24, 2.45) is 4.99 Å². The minimum atomic E-state index is 0.640. The number of hydrogen-bond acceptors (Lipinski definition) is 4. The second-order valence-electron chi connectivity index (χ2n) is 4.56. The second-order valence-corrected chi connectivity index (χ2v) is 5.55. The molecule has 22 heavy (non-hydrogen) atoms. The van der Waals surface area contributed by atoms with E-state index in [9.17, 15) is 0 Å². The number of benzene rings is 1. The third-order valence-electron chi connectivity index (χ3n) is 2.83. The van der Waals surface area contributed by atoms with E-state index in [1.807, 2.05) is 36.0 Å². The van der Waals surface area contributed by atoms with E-state index in [0.717, 1.165) is 49.3 Å². The van der Waals surface area contributed by atoms with Gasteiger partial charge in [0.15, 0.2) is 5.96 Å². The number of guanidine groups is 1. The van der Waals surface area contributed by atoms with Crippen molar-refractivity contribution in [2.75, 3.05) is 45.4 Å². The fraction of sp³-hybridized carbons (Fsp3) is 0.562. The Morgan fingerprint density at radius 1 is 1.27 bits per heavy atom. The predicted octanol–water partition coefficient (Wildman–Crippen LogP) is 2.38. The molecule has 0 atom stereocenters. The van der Waals surface area contributed by atoms with Crippen LogP contribution in [0.3, 0.4) is 0 Å². The van der Waals surface area contributed by atoms with Crippen molar-refractivity contribution in [3.05, 3.63) is 24.3 Å². The van der Waals surface area contributed by atoms with E-state index in [1.54, 1.807) is 7.11 Å². The third-order valence-corrected chi connectivity index (χ3v) is 3.44. The lowest BCUT2D eigenvalue weighted by Crippen LogP contribution is -2.38. The van der Waals surface area contributed by atoms with Gasteiger partial charge in [0.2, 0.25) is 0 Å². The molecule has 0 heterocycles. The van der Waals surface area contributed by atoms with E-state index >= 15 is 0 Å². The molecule has 0 spiro atoms. The number of nitrogens with one attached hydrogen (secondary N) is 2. The molecule has 0 aliphatic carbocycles. The maximum absolute atomic E-state index is 5.70. The molecule has 0 radical (unpaired) electrons. The molecule has 1 rings (SSSR count). The third kappa shape index (κ3) is 8.02. The van der Waals surface area contributed by atoms with Crippen molar-refractivity contribution < 1.29 is 9.47 Å². The first kappa shape index (κ1) is 18.5. The minimum Gasteiger partial charge on any atom is -0.497 e. The summed E-state index contributed by atoms with van der Waals surface area (Å²) >= 11 is 1.82. The summed E-state index contributed by atoms with van der Waals surface area (Å²) in [4.78, 5) is 4.53. The molecule has 6 heteroatoms. The van der Waals surface area contributed by atoms with Gasteiger partial charge in [0.05, 0.1) is 13.7 Å². The van der Waals surface area contributed by atoms with E-state index in [4.69, 9.17) is 9.47 Å². The van der Waals surface area contributed by atoms with E-state index < -0.39 is 0 Å². The van der Waals surface area contributed by atoms with Gasteiger partial charge in [-0.3, -0.25) is 4.99 Å². The van der Waals surface area contributed by atoms with Crippen molar-refractivity contribution >= 4 is 17.7 Å². The van der Waals surface area contributed by atoms with Crippen LogP contribution in [-0.2, 0) is 0 Å². The lowest BCUT2D eigenvalue weighted by atomic mass is 10.3. The summed E-state index contributed by atoms with van der Waals surface area (Å²) in [5, 5.41) is 6.54. The number of rotatable bonds is 10. The van der Waals surface area contributed by atoms with Crippen LogP contribution in [0.1, 0.15) is 13.3 Å². The highest BCUT2D eigenvalue weighted by Gasteiger charge is 1.98. The number of methoxy groups -OCH3 is 1. The zero-order valence-corrected chi connectivity index (χ0v) is 14.5. The highest BCUT2D eigenvalue weighted by molar-refractivity contribution is 7.98. The Morgan fingerprint density at radius 2 is 2.09 bits per heavy atom. The van der Waals surface area contributed by atoms with Gasteiger partial charge in [0.25, 0.3) is 0 Å². The zero-order valence-electron chi connectivity index (χ0n) is 13.7. The van der Waals surface area contributed by atoms with Crippen LogP contribution in [0.15, 0.2) is 29.3 Å². The minimum absolute atomic E-state index is 0.640. The lowest BCUT2D eigenvalue weighted by Gasteiger charge is -2.11. The van der Waals surface area contributed by atoms with Crippen LogP contribution in [0, 0.1) is 0 Å². The van der Waals surface area contributed by atoms with Crippen LogP contribution in [0.4, 0.5) is 0 Å². The number of nitrogens with zero attached hydrogens (tertiary/aromatic N) is 1. The molecule has 1 aromatic carbocycles. The molecule has 1 aromatic rings. The van der Waals surface area contributed by atoms with Crippen LogP contribution >= 0.6 is 11.8 Å². The standard InChI is InChI=1S/C16H27N3O2S/c1-4-17-16(19-10-12-22-3)18-9-6-11-21-15-8-5-7-14(13-15)20-2/h5,7-8,13H,4,6,9-12H2,1-3H3,(H2,17,18,19). The van der Waals surface area contributed by atoms with Gasteiger partial charge in [-0.05, 0) is 25.3 Å². The summed E-state index contributed by atoms with van der Waals surface area (Å²) in [5.74, 6) is 3.58. The molecule has 0 bridgehead atoms. The summed E-state index contributed by atoms with van der Waals surface area (Å²) in [5.41, 5.74) is 0. The summed E-state index contributed by atoms with van der Waals surface area (Å²) in [6, 6.07) is 7.64. The van der Waals surface area contributed by atoms with Crippen LogP contribution in [-0.4, -0.2) is 51.3 Å². The molecule has 0 aromatic heterocycles. The molecule has 0 aliphatic rings. The largest absolute Gasteiger partial charge is 0.497 e. The fourth-order valence-corrected chi connectivity index (χ4v) is 2.06. The predicted molar refractivity (Wildman–Crippen MR) is 95.5 cm³/mol. The first-order valence-electron chi connectivity index (χ1n) is 7.58. The maximum Gasteiger partial charge on any atom is 0.191 e. The van der Waals surface area contributed by atoms with Crippen LogP contribution in [0.5, 0.6) is 11.5 Å². The Bertz CT molecular complexity index is 441. The summed E-state index contributed by atoms with van der Waals surface area (Å²) in [6.45, 7) is 5.23. The molecule has 0 aliphatic heterocycles. The highest BCUT2D eigenvalue weighted by Crippen LogP contribution is 2.18. The number of aliphatic imine (C=N–C) groups is 1. The molecule has 0 saturated carbocycles. The van der Waals surface area contributed by atoms with Crippen LogP contribution in [0.25, 0.3) is 0 Å². The second kappa shape index (κ2) is 12.0. The van der Waals surface area contributed by atoms with Gasteiger partial charge in [-0.25, -0.2) is 0 Å². The van der Waals surface area contributed by atoms with Crippen molar-refractivity contribution in [1.29, 1.82) is 0 Å². The fourth-order valence-electron chi connectivity index (χ4n) is 1.75. The average Bonchev–Trinajstić information content (AvgIpc) is 2.55. The van der Waals surface area contributed by atoms with E-state index in [-0.39, 0.29) is 0 Å². The van der Waals surface area contributed by atoms with Crippen molar-refractivity contribution in [3.63, 3.8) is 0 Å². The van der Waals surface area contributed by atoms with Crippen molar-refractivity contribution in [1.82, 2.24) is 10.6 Å². The van der Waals surface area contributed by atoms with E-state index in [2.05, 4.69) is 28.8 Å². The molecule has 0 fully saturated rings. The van der Waals surface area contributed by atoms with Gasteiger partial charge in [-0.2, -0.15) is 11.8 Å². The molecule has 0 unspecified atom stereocenters. The van der Waals surface area contributed by atoms with Crippen LogP contribution < -0.4 is 20.1 Å². The van der Waals surface area contributed by atoms with Gasteiger partial charge in [-0.15, -0.1) is 0 Å². The highest BCUT2D eigenvalue weighted by atomic mass is 32.2. The number of thioether (sulfide) groups is 1. The van der Waals surface area contributed by atoms with E-state index in [0.29, 0.717) is 6.61 Å². The Balaban J connectivity index is 2.27. The van der Waals surface area contributed by atoms with Crippen molar-refractivity contribution in [2.45, 2.75) is 13.3 Å². The maximum atomic E-state index is 5.70. The van der Waals surface area contributed by atoms with Crippen LogP contribution in [0.2, 0.25) is 0 Å². The van der Waals surface area contributed by atoms with Gasteiger partial charge >= 0.3 is 0 Å². The van der Waals surface area contributed by atoms with Gasteiger partial charge in [0.1, 0.15) is 11.5 Å². The zero-order chi connectivity index (χ0) is 16.0. The van der Waals surface area contributed by atoms with Gasteiger partial charge in [0, 0.05) is 37.9 Å². The number of hydrogen-bond donors (Lipinski definition) is 2. The van der Waals surface area contributed by atoms with Gasteiger partial charge in [-0.1, -0.05) is 6.07 Å². The lowest BCUT2D eigenvalue weighted by molar-refractivity contribution is 0.311. The SMILES string of the molecule is CCNC(=NCCCOc1cccc(OC)c1)NCCSC. The summed E-state index contributed by atoms with van der Waals surface area (Å²) in [7, 11) is 1.65. The quantitative estimate of drug-likeness (QED) is 0.393. The van der Waals surface area contributed by atoms with Crippen molar-refractivity contribution in [3.8, 4) is 11.5 Å². The Kier molecular flexibility index (Phi) is 10.1. The Hall–Kier alpha value is -1.56. The normalized spacial score (nSPS) is 11.1. The molecular weight excluding hydrogens is 298 g/mol. The van der Waals surface area contributed by atoms with Gasteiger partial charge < -0.3 is 20.1 Å². The summed E-state index contributed by atoms with van der Waals surface area (Å²) in [6.07, 6.45) is 2.97. The average molecular weight is 325 g/mol. The monoisotopic (exact) mass is 325 g/mol.